The Kier molecular flexibility index (Phi) is 3.09. The van der Waals surface area contributed by atoms with Crippen molar-refractivity contribution in [1.82, 2.24) is 4.98 Å². The summed E-state index contributed by atoms with van der Waals surface area (Å²) in [6.45, 7) is 0.607. The summed E-state index contributed by atoms with van der Waals surface area (Å²) in [4.78, 5) is 4.26. The molecule has 1 heterocycles. The number of halogens is 1. The third-order valence-corrected chi connectivity index (χ3v) is 3.39. The van der Waals surface area contributed by atoms with Crippen molar-refractivity contribution in [1.29, 1.82) is 0 Å². The number of aromatic nitrogens is 1. The molecule has 0 aliphatic heterocycles. The lowest BCUT2D eigenvalue weighted by atomic mass is 10.1. The van der Waals surface area contributed by atoms with E-state index < -0.39 is 0 Å². The number of rotatable bonds is 3. The highest BCUT2D eigenvalue weighted by molar-refractivity contribution is 7.17. The van der Waals surface area contributed by atoms with Crippen LogP contribution in [0, 0.1) is 0 Å². The number of ether oxygens (including phenoxy) is 1. The van der Waals surface area contributed by atoms with Crippen molar-refractivity contribution in [3.63, 3.8) is 0 Å². The molecule has 2 rings (SSSR count). The molecule has 0 atom stereocenters. The van der Waals surface area contributed by atoms with Gasteiger partial charge in [-0.1, -0.05) is 11.6 Å². The summed E-state index contributed by atoms with van der Waals surface area (Å²) in [5, 5.41) is 0.597. The molecule has 0 radical (unpaired) electrons. The van der Waals surface area contributed by atoms with Gasteiger partial charge in [0.15, 0.2) is 5.75 Å². The van der Waals surface area contributed by atoms with Gasteiger partial charge in [0.25, 0.3) is 0 Å². The third-order valence-electron chi connectivity index (χ3n) is 2.21. The lowest BCUT2D eigenvalue weighted by Gasteiger charge is -2.07. The molecule has 1 aromatic carbocycles. The van der Waals surface area contributed by atoms with Crippen molar-refractivity contribution in [3.8, 4) is 5.75 Å². The molecule has 0 saturated carbocycles. The first kappa shape index (κ1) is 10.7. The van der Waals surface area contributed by atoms with Crippen LogP contribution in [0.1, 0.15) is 5.56 Å². The molecule has 80 valence electrons. The minimum absolute atomic E-state index is 0.597. The van der Waals surface area contributed by atoms with Gasteiger partial charge in [-0.05, 0) is 24.6 Å². The van der Waals surface area contributed by atoms with Crippen molar-refractivity contribution in [2.24, 2.45) is 5.73 Å². The maximum atomic E-state index is 6.10. The largest absolute Gasteiger partial charge is 0.493 e. The zero-order valence-electron chi connectivity index (χ0n) is 8.29. The Morgan fingerprint density at radius 3 is 3.07 bits per heavy atom. The topological polar surface area (TPSA) is 48.1 Å². The summed E-state index contributed by atoms with van der Waals surface area (Å²) >= 11 is 7.69. The first-order valence-corrected chi connectivity index (χ1v) is 5.82. The molecule has 0 aliphatic rings. The van der Waals surface area contributed by atoms with Crippen LogP contribution in [0.25, 0.3) is 10.2 Å². The first-order valence-electron chi connectivity index (χ1n) is 4.56. The van der Waals surface area contributed by atoms with E-state index in [0.717, 1.165) is 22.2 Å². The smallest absolute Gasteiger partial charge is 0.164 e. The summed E-state index contributed by atoms with van der Waals surface area (Å²) in [6.07, 6.45) is 0.808. The van der Waals surface area contributed by atoms with Crippen LogP contribution >= 0.6 is 22.9 Å². The van der Waals surface area contributed by atoms with Crippen LogP contribution < -0.4 is 10.5 Å². The van der Waals surface area contributed by atoms with Gasteiger partial charge in [0.1, 0.15) is 5.52 Å². The second-order valence-electron chi connectivity index (χ2n) is 3.12. The summed E-state index contributed by atoms with van der Waals surface area (Å²) in [5.74, 6) is 0.647. The fraction of sp³-hybridized carbons (Fsp3) is 0.300. The number of methoxy groups -OCH3 is 1. The number of hydrogen-bond donors (Lipinski definition) is 1. The zero-order chi connectivity index (χ0) is 10.8. The third kappa shape index (κ3) is 1.80. The average molecular weight is 243 g/mol. The second kappa shape index (κ2) is 4.35. The van der Waals surface area contributed by atoms with Crippen LogP contribution in [0.2, 0.25) is 5.02 Å². The van der Waals surface area contributed by atoms with E-state index in [1.165, 1.54) is 0 Å². The fourth-order valence-corrected chi connectivity index (χ4v) is 2.70. The molecule has 5 heteroatoms. The summed E-state index contributed by atoms with van der Waals surface area (Å²) in [6, 6.07) is 1.91. The number of benzene rings is 1. The lowest BCUT2D eigenvalue weighted by Crippen LogP contribution is -2.03. The van der Waals surface area contributed by atoms with Gasteiger partial charge >= 0.3 is 0 Å². The van der Waals surface area contributed by atoms with Crippen molar-refractivity contribution < 1.29 is 4.74 Å². The van der Waals surface area contributed by atoms with Gasteiger partial charge in [-0.25, -0.2) is 4.98 Å². The Hall–Kier alpha value is -0.840. The van der Waals surface area contributed by atoms with Gasteiger partial charge in [-0.3, -0.25) is 0 Å². The molecule has 0 fully saturated rings. The van der Waals surface area contributed by atoms with Gasteiger partial charge < -0.3 is 10.5 Å². The van der Waals surface area contributed by atoms with Crippen LogP contribution in [0.15, 0.2) is 11.6 Å². The van der Waals surface area contributed by atoms with Crippen LogP contribution in [-0.4, -0.2) is 18.6 Å². The molecule has 0 bridgehead atoms. The minimum atomic E-state index is 0.597. The number of hydrogen-bond acceptors (Lipinski definition) is 4. The highest BCUT2D eigenvalue weighted by atomic mass is 35.5. The molecule has 2 aromatic rings. The van der Waals surface area contributed by atoms with Crippen molar-refractivity contribution >= 4 is 33.2 Å². The van der Waals surface area contributed by atoms with Crippen molar-refractivity contribution in [2.45, 2.75) is 6.42 Å². The molecule has 2 N–H and O–H groups in total. The van der Waals surface area contributed by atoms with E-state index in [9.17, 15) is 0 Å². The molecule has 1 aromatic heterocycles. The van der Waals surface area contributed by atoms with Crippen LogP contribution in [0.4, 0.5) is 0 Å². The normalized spacial score (nSPS) is 10.9. The van der Waals surface area contributed by atoms with E-state index in [-0.39, 0.29) is 0 Å². The van der Waals surface area contributed by atoms with Crippen LogP contribution in [-0.2, 0) is 6.42 Å². The van der Waals surface area contributed by atoms with Gasteiger partial charge in [-0.2, -0.15) is 0 Å². The number of thiazole rings is 1. The lowest BCUT2D eigenvalue weighted by molar-refractivity contribution is 0.419. The maximum absolute atomic E-state index is 6.10. The Morgan fingerprint density at radius 2 is 2.40 bits per heavy atom. The van der Waals surface area contributed by atoms with Crippen molar-refractivity contribution in [3.05, 3.63) is 22.2 Å². The molecular weight excluding hydrogens is 232 g/mol. The quantitative estimate of drug-likeness (QED) is 0.900. The summed E-state index contributed by atoms with van der Waals surface area (Å²) < 4.78 is 6.34. The Labute approximate surface area is 96.8 Å². The van der Waals surface area contributed by atoms with E-state index in [4.69, 9.17) is 22.1 Å². The molecule has 0 unspecified atom stereocenters. The molecule has 15 heavy (non-hydrogen) atoms. The monoisotopic (exact) mass is 242 g/mol. The van der Waals surface area contributed by atoms with E-state index in [1.54, 1.807) is 24.0 Å². The Morgan fingerprint density at radius 1 is 1.60 bits per heavy atom. The second-order valence-corrected chi connectivity index (χ2v) is 4.38. The van der Waals surface area contributed by atoms with Crippen molar-refractivity contribution in [2.75, 3.05) is 13.7 Å². The average Bonchev–Trinajstić information content (AvgIpc) is 2.67. The Bertz CT molecular complexity index is 483. The zero-order valence-corrected chi connectivity index (χ0v) is 9.86. The maximum Gasteiger partial charge on any atom is 0.164 e. The molecular formula is C10H11ClN2OS. The van der Waals surface area contributed by atoms with E-state index in [0.29, 0.717) is 17.3 Å². The SMILES string of the molecule is COc1c(Cl)cc(CCN)c2scnc12. The Balaban J connectivity index is 2.69. The fourth-order valence-electron chi connectivity index (χ4n) is 1.57. The van der Waals surface area contributed by atoms with Gasteiger partial charge in [-0.15, -0.1) is 11.3 Å². The van der Waals surface area contributed by atoms with E-state index >= 15 is 0 Å². The van der Waals surface area contributed by atoms with Gasteiger partial charge in [0.2, 0.25) is 0 Å². The van der Waals surface area contributed by atoms with Gasteiger partial charge in [0.05, 0.1) is 22.3 Å². The van der Waals surface area contributed by atoms with Gasteiger partial charge in [0, 0.05) is 0 Å². The summed E-state index contributed by atoms with van der Waals surface area (Å²) in [7, 11) is 1.60. The van der Waals surface area contributed by atoms with Crippen LogP contribution in [0.5, 0.6) is 5.75 Å². The molecule has 0 aliphatic carbocycles. The van der Waals surface area contributed by atoms with Crippen LogP contribution in [0.3, 0.4) is 0 Å². The number of fused-ring (bicyclic) bond motifs is 1. The minimum Gasteiger partial charge on any atom is -0.493 e. The summed E-state index contributed by atoms with van der Waals surface area (Å²) in [5.41, 5.74) is 9.32. The molecule has 0 spiro atoms. The molecule has 3 nitrogen and oxygen atoms in total. The highest BCUT2D eigenvalue weighted by Crippen LogP contribution is 2.36. The predicted molar refractivity (Wildman–Crippen MR) is 63.9 cm³/mol. The highest BCUT2D eigenvalue weighted by Gasteiger charge is 2.13. The number of nitrogens with two attached hydrogens (primary N) is 1. The van der Waals surface area contributed by atoms with E-state index in [2.05, 4.69) is 4.98 Å². The first-order chi connectivity index (χ1) is 7.27. The standard InChI is InChI=1S/C10H11ClN2OS/c1-14-9-7(11)4-6(2-3-12)10-8(9)13-5-15-10/h4-5H,2-3,12H2,1H3. The van der Waals surface area contributed by atoms with E-state index in [1.807, 2.05) is 6.07 Å². The predicted octanol–water partition coefficient (Wildman–Crippen LogP) is 2.46. The molecule has 0 saturated heterocycles. The molecule has 0 amide bonds. The number of nitrogens with zero attached hydrogens (tertiary/aromatic N) is 1.